The Labute approximate surface area is 128 Å². The lowest BCUT2D eigenvalue weighted by Crippen LogP contribution is -2.12. The van der Waals surface area contributed by atoms with Gasteiger partial charge in [0.05, 0.1) is 10.5 Å². The fraction of sp³-hybridized carbons (Fsp3) is 0.0667. The second kappa shape index (κ2) is 5.20. The van der Waals surface area contributed by atoms with Crippen LogP contribution in [-0.4, -0.2) is 0 Å². The van der Waals surface area contributed by atoms with Gasteiger partial charge >= 0.3 is 0 Å². The minimum Gasteiger partial charge on any atom is -0.458 e. The van der Waals surface area contributed by atoms with E-state index in [9.17, 15) is 4.39 Å². The summed E-state index contributed by atoms with van der Waals surface area (Å²) in [5, 5.41) is 1.25. The molecule has 0 fully saturated rings. The topological polar surface area (TPSA) is 39.2 Å². The third kappa shape index (κ3) is 2.35. The number of hydrogen-bond acceptors (Lipinski definition) is 2. The second-order valence-corrected chi connectivity index (χ2v) is 5.74. The molecule has 0 saturated heterocycles. The average molecular weight is 355 g/mol. The fourth-order valence-corrected chi connectivity index (χ4v) is 2.73. The van der Waals surface area contributed by atoms with Gasteiger partial charge in [-0.25, -0.2) is 4.39 Å². The Morgan fingerprint density at radius 2 is 2.00 bits per heavy atom. The van der Waals surface area contributed by atoms with Gasteiger partial charge in [-0.3, -0.25) is 0 Å². The molecule has 2 aromatic carbocycles. The minimum absolute atomic E-state index is 0.339. The van der Waals surface area contributed by atoms with E-state index < -0.39 is 11.9 Å². The van der Waals surface area contributed by atoms with Gasteiger partial charge in [0.2, 0.25) is 0 Å². The van der Waals surface area contributed by atoms with E-state index in [1.165, 1.54) is 6.07 Å². The van der Waals surface area contributed by atoms with Crippen molar-refractivity contribution in [1.29, 1.82) is 0 Å². The molecule has 3 rings (SSSR count). The molecule has 0 radical (unpaired) electrons. The van der Waals surface area contributed by atoms with Gasteiger partial charge in [-0.15, -0.1) is 0 Å². The predicted octanol–water partition coefficient (Wildman–Crippen LogP) is 5.04. The summed E-state index contributed by atoms with van der Waals surface area (Å²) in [4.78, 5) is 0. The van der Waals surface area contributed by atoms with Crippen LogP contribution in [0, 0.1) is 5.82 Å². The highest BCUT2D eigenvalue weighted by Gasteiger charge is 2.18. The van der Waals surface area contributed by atoms with Gasteiger partial charge < -0.3 is 10.2 Å². The molecular formula is C15H10BrClFNO. The third-order valence-corrected chi connectivity index (χ3v) is 3.98. The molecule has 0 aliphatic heterocycles. The van der Waals surface area contributed by atoms with Crippen molar-refractivity contribution < 1.29 is 8.81 Å². The number of rotatable bonds is 2. The molecule has 20 heavy (non-hydrogen) atoms. The Bertz CT molecular complexity index is 787. The molecule has 1 atom stereocenters. The molecule has 0 amide bonds. The molecule has 1 aromatic heterocycles. The fourth-order valence-electron chi connectivity index (χ4n) is 2.11. The zero-order chi connectivity index (χ0) is 14.3. The molecular weight excluding hydrogens is 345 g/mol. The van der Waals surface area contributed by atoms with Gasteiger partial charge in [-0.1, -0.05) is 29.8 Å². The highest BCUT2D eigenvalue weighted by Crippen LogP contribution is 2.32. The quantitative estimate of drug-likeness (QED) is 0.700. The molecule has 5 heteroatoms. The van der Waals surface area contributed by atoms with Crippen molar-refractivity contribution >= 4 is 38.5 Å². The van der Waals surface area contributed by atoms with Crippen LogP contribution < -0.4 is 5.73 Å². The number of benzene rings is 2. The zero-order valence-electron chi connectivity index (χ0n) is 10.2. The van der Waals surface area contributed by atoms with Gasteiger partial charge in [0, 0.05) is 16.0 Å². The number of halogens is 3. The van der Waals surface area contributed by atoms with E-state index in [1.54, 1.807) is 12.1 Å². The molecule has 0 aliphatic carbocycles. The second-order valence-electron chi connectivity index (χ2n) is 4.45. The highest BCUT2D eigenvalue weighted by molar-refractivity contribution is 9.10. The van der Waals surface area contributed by atoms with Crippen LogP contribution in [0.2, 0.25) is 5.02 Å². The van der Waals surface area contributed by atoms with E-state index in [0.29, 0.717) is 21.9 Å². The summed E-state index contributed by atoms with van der Waals surface area (Å²) in [5.74, 6) is 0.0673. The summed E-state index contributed by atoms with van der Waals surface area (Å²) in [6.45, 7) is 0. The number of para-hydroxylation sites is 1. The number of nitrogens with two attached hydrogens (primary N) is 1. The maximum absolute atomic E-state index is 13.9. The Balaban J connectivity index is 2.08. The number of hydrogen-bond donors (Lipinski definition) is 1. The van der Waals surface area contributed by atoms with Crippen molar-refractivity contribution in [3.05, 3.63) is 69.1 Å². The van der Waals surface area contributed by atoms with Crippen LogP contribution in [0.1, 0.15) is 17.4 Å². The molecule has 1 heterocycles. The Morgan fingerprint density at radius 1 is 1.20 bits per heavy atom. The smallest absolute Gasteiger partial charge is 0.148 e. The summed E-state index contributed by atoms with van der Waals surface area (Å²) >= 11 is 9.16. The lowest BCUT2D eigenvalue weighted by Gasteiger charge is -2.10. The monoisotopic (exact) mass is 353 g/mol. The molecule has 3 aromatic rings. The van der Waals surface area contributed by atoms with E-state index in [4.69, 9.17) is 21.8 Å². The van der Waals surface area contributed by atoms with Crippen molar-refractivity contribution in [2.45, 2.75) is 6.04 Å². The largest absolute Gasteiger partial charge is 0.458 e. The highest BCUT2D eigenvalue weighted by atomic mass is 79.9. The van der Waals surface area contributed by atoms with Crippen molar-refractivity contribution in [3.63, 3.8) is 0 Å². The first-order chi connectivity index (χ1) is 9.56. The van der Waals surface area contributed by atoms with Gasteiger partial charge in [-0.05, 0) is 40.2 Å². The molecule has 0 aliphatic rings. The summed E-state index contributed by atoms with van der Waals surface area (Å²) in [6, 6.07) is 11.3. The Hall–Kier alpha value is -1.36. The van der Waals surface area contributed by atoms with Gasteiger partial charge in [0.1, 0.15) is 17.2 Å². The van der Waals surface area contributed by atoms with E-state index in [2.05, 4.69) is 15.9 Å². The lowest BCUT2D eigenvalue weighted by atomic mass is 10.0. The van der Waals surface area contributed by atoms with E-state index in [0.717, 1.165) is 9.86 Å². The normalized spacial score (nSPS) is 12.8. The average Bonchev–Trinajstić information content (AvgIpc) is 2.83. The molecule has 102 valence electrons. The van der Waals surface area contributed by atoms with Crippen LogP contribution in [0.15, 0.2) is 51.4 Å². The summed E-state index contributed by atoms with van der Waals surface area (Å²) in [5.41, 5.74) is 7.14. The molecule has 2 N–H and O–H groups in total. The van der Waals surface area contributed by atoms with Crippen molar-refractivity contribution in [2.24, 2.45) is 5.73 Å². The summed E-state index contributed by atoms with van der Waals surface area (Å²) < 4.78 is 20.5. The van der Waals surface area contributed by atoms with E-state index in [-0.39, 0.29) is 0 Å². The molecule has 1 unspecified atom stereocenters. The molecule has 0 bridgehead atoms. The van der Waals surface area contributed by atoms with Gasteiger partial charge in [0.15, 0.2) is 0 Å². The first-order valence-electron chi connectivity index (χ1n) is 5.95. The maximum atomic E-state index is 13.9. The standard InChI is InChI=1S/C15H10BrClFNO/c16-11-3-1-2-8-6-13(20-15(8)11)14(19)10-5-4-9(17)7-12(10)18/h1-7,14H,19H2. The summed E-state index contributed by atoms with van der Waals surface area (Å²) in [6.07, 6.45) is 0. The summed E-state index contributed by atoms with van der Waals surface area (Å²) in [7, 11) is 0. The Morgan fingerprint density at radius 3 is 2.70 bits per heavy atom. The van der Waals surface area contributed by atoms with E-state index >= 15 is 0 Å². The van der Waals surface area contributed by atoms with Crippen LogP contribution in [0.4, 0.5) is 4.39 Å². The van der Waals surface area contributed by atoms with E-state index in [1.807, 2.05) is 24.3 Å². The van der Waals surface area contributed by atoms with Crippen molar-refractivity contribution in [1.82, 2.24) is 0 Å². The third-order valence-electron chi connectivity index (χ3n) is 3.12. The first kappa shape index (κ1) is 13.6. The van der Waals surface area contributed by atoms with Crippen LogP contribution in [0.25, 0.3) is 11.0 Å². The zero-order valence-corrected chi connectivity index (χ0v) is 12.6. The minimum atomic E-state index is -0.674. The Kier molecular flexibility index (Phi) is 3.54. The van der Waals surface area contributed by atoms with Crippen LogP contribution in [0.5, 0.6) is 0 Å². The van der Waals surface area contributed by atoms with Crippen molar-refractivity contribution in [3.8, 4) is 0 Å². The van der Waals surface area contributed by atoms with Gasteiger partial charge in [0.25, 0.3) is 0 Å². The number of fused-ring (bicyclic) bond motifs is 1. The maximum Gasteiger partial charge on any atom is 0.148 e. The molecule has 0 saturated carbocycles. The van der Waals surface area contributed by atoms with Crippen molar-refractivity contribution in [2.75, 3.05) is 0 Å². The van der Waals surface area contributed by atoms with Crippen LogP contribution >= 0.6 is 27.5 Å². The molecule has 0 spiro atoms. The first-order valence-corrected chi connectivity index (χ1v) is 7.12. The van der Waals surface area contributed by atoms with Crippen LogP contribution in [-0.2, 0) is 0 Å². The molecule has 2 nitrogen and oxygen atoms in total. The predicted molar refractivity (Wildman–Crippen MR) is 81.4 cm³/mol. The number of furan rings is 1. The SMILES string of the molecule is NC(c1cc2cccc(Br)c2o1)c1ccc(Cl)cc1F. The van der Waals surface area contributed by atoms with Gasteiger partial charge in [-0.2, -0.15) is 0 Å². The van der Waals surface area contributed by atoms with Crippen LogP contribution in [0.3, 0.4) is 0 Å². The lowest BCUT2D eigenvalue weighted by molar-refractivity contribution is 0.509.